The van der Waals surface area contributed by atoms with Crippen molar-refractivity contribution in [2.75, 3.05) is 20.8 Å². The molecule has 0 radical (unpaired) electrons. The zero-order valence-electron chi connectivity index (χ0n) is 15.1. The van der Waals surface area contributed by atoms with Crippen molar-refractivity contribution in [2.24, 2.45) is 5.92 Å². The van der Waals surface area contributed by atoms with Gasteiger partial charge in [-0.25, -0.2) is 0 Å². The van der Waals surface area contributed by atoms with Crippen LogP contribution in [0.25, 0.3) is 0 Å². The summed E-state index contributed by atoms with van der Waals surface area (Å²) in [5.41, 5.74) is -3.65. The number of rotatable bonds is 5. The summed E-state index contributed by atoms with van der Waals surface area (Å²) in [4.78, 5) is 12.4. The quantitative estimate of drug-likeness (QED) is 0.411. The van der Waals surface area contributed by atoms with Gasteiger partial charge in [-0.15, -0.1) is 0 Å². The molecule has 3 atom stereocenters. The van der Waals surface area contributed by atoms with Crippen LogP contribution in [-0.2, 0) is 9.53 Å². The van der Waals surface area contributed by atoms with E-state index < -0.39 is 34.9 Å². The molecule has 0 spiro atoms. The van der Waals surface area contributed by atoms with E-state index in [2.05, 4.69) is 5.32 Å². The summed E-state index contributed by atoms with van der Waals surface area (Å²) in [5.74, 6) is -4.08. The van der Waals surface area contributed by atoms with Crippen LogP contribution in [0.4, 0.5) is 13.2 Å². The standard InChI is InChI=1S/C16H19F3N2O6S/c1-4-27-13(23)10-11(20-14(28)21-15(10,24)16(17,18)19)7-5-8(25-2)12(22)9(6-7)26-3/h5-6,10-11,22,24H,4H2,1-3H3,(H2,20,21,28)/t10-,11+,15+/m0/s1. The molecule has 0 aromatic heterocycles. The van der Waals surface area contributed by atoms with Crippen LogP contribution in [0.1, 0.15) is 18.5 Å². The van der Waals surface area contributed by atoms with Gasteiger partial charge in [-0.1, -0.05) is 0 Å². The average molecular weight is 424 g/mol. The number of nitrogens with one attached hydrogen (secondary N) is 2. The number of aromatic hydroxyl groups is 1. The minimum atomic E-state index is -5.26. The fourth-order valence-electron chi connectivity index (χ4n) is 2.91. The van der Waals surface area contributed by atoms with E-state index in [1.54, 1.807) is 5.32 Å². The Labute approximate surface area is 163 Å². The molecule has 1 aromatic carbocycles. The Balaban J connectivity index is 2.68. The summed E-state index contributed by atoms with van der Waals surface area (Å²) in [6, 6.07) is 0.932. The lowest BCUT2D eigenvalue weighted by Crippen LogP contribution is -2.73. The molecule has 1 fully saturated rings. The Hall–Kier alpha value is -2.47. The third-order valence-electron chi connectivity index (χ3n) is 4.21. The van der Waals surface area contributed by atoms with E-state index >= 15 is 0 Å². The zero-order valence-corrected chi connectivity index (χ0v) is 15.9. The number of thiocarbonyl (C=S) groups is 1. The maximum atomic E-state index is 13.7. The number of carbonyl (C=O) groups excluding carboxylic acids is 1. The van der Waals surface area contributed by atoms with E-state index in [0.717, 1.165) is 0 Å². The van der Waals surface area contributed by atoms with Gasteiger partial charge < -0.3 is 35.1 Å². The lowest BCUT2D eigenvalue weighted by Gasteiger charge is -2.45. The monoisotopic (exact) mass is 424 g/mol. The third kappa shape index (κ3) is 3.74. The highest BCUT2D eigenvalue weighted by Crippen LogP contribution is 2.46. The molecule has 28 heavy (non-hydrogen) atoms. The van der Waals surface area contributed by atoms with Crippen LogP contribution in [-0.4, -0.2) is 54.0 Å². The van der Waals surface area contributed by atoms with Gasteiger partial charge in [-0.05, 0) is 36.8 Å². The van der Waals surface area contributed by atoms with Crippen molar-refractivity contribution in [1.82, 2.24) is 10.6 Å². The van der Waals surface area contributed by atoms with Crippen LogP contribution in [0.3, 0.4) is 0 Å². The van der Waals surface area contributed by atoms with Gasteiger partial charge in [0, 0.05) is 0 Å². The Kier molecular flexibility index (Phi) is 6.14. The highest BCUT2D eigenvalue weighted by Gasteiger charge is 2.66. The lowest BCUT2D eigenvalue weighted by molar-refractivity contribution is -0.292. The third-order valence-corrected chi connectivity index (χ3v) is 4.43. The predicted octanol–water partition coefficient (Wildman–Crippen LogP) is 1.36. The number of methoxy groups -OCH3 is 2. The number of hydrogen-bond donors (Lipinski definition) is 4. The molecule has 8 nitrogen and oxygen atoms in total. The molecule has 0 amide bonds. The van der Waals surface area contributed by atoms with Gasteiger partial charge in [0.1, 0.15) is 5.92 Å². The van der Waals surface area contributed by atoms with Gasteiger partial charge in [-0.2, -0.15) is 13.2 Å². The molecule has 156 valence electrons. The first-order valence-electron chi connectivity index (χ1n) is 7.99. The van der Waals surface area contributed by atoms with Crippen LogP contribution < -0.4 is 20.1 Å². The summed E-state index contributed by atoms with van der Waals surface area (Å²) in [7, 11) is 2.46. The van der Waals surface area contributed by atoms with Crippen LogP contribution in [0, 0.1) is 5.92 Å². The molecule has 0 saturated carbocycles. The fourth-order valence-corrected chi connectivity index (χ4v) is 3.19. The van der Waals surface area contributed by atoms with Gasteiger partial charge in [0.15, 0.2) is 16.6 Å². The number of benzene rings is 1. The maximum absolute atomic E-state index is 13.7. The van der Waals surface area contributed by atoms with Crippen molar-refractivity contribution in [1.29, 1.82) is 0 Å². The number of hydrogen-bond acceptors (Lipinski definition) is 7. The molecule has 1 aromatic rings. The number of phenols is 1. The molecule has 1 aliphatic rings. The van der Waals surface area contributed by atoms with Crippen molar-refractivity contribution in [3.63, 3.8) is 0 Å². The molecule has 0 bridgehead atoms. The second kappa shape index (κ2) is 7.87. The van der Waals surface area contributed by atoms with E-state index in [9.17, 15) is 28.2 Å². The van der Waals surface area contributed by atoms with Crippen molar-refractivity contribution in [3.05, 3.63) is 17.7 Å². The van der Waals surface area contributed by atoms with Crippen LogP contribution in [0.5, 0.6) is 17.2 Å². The van der Waals surface area contributed by atoms with E-state index in [1.165, 1.54) is 33.3 Å². The van der Waals surface area contributed by atoms with Crippen LogP contribution in [0.2, 0.25) is 0 Å². The molecule has 1 heterocycles. The largest absolute Gasteiger partial charge is 0.502 e. The highest BCUT2D eigenvalue weighted by atomic mass is 32.1. The molecule has 1 saturated heterocycles. The van der Waals surface area contributed by atoms with Crippen molar-refractivity contribution in [3.8, 4) is 17.2 Å². The number of aliphatic hydroxyl groups is 1. The zero-order chi connectivity index (χ0) is 21.3. The van der Waals surface area contributed by atoms with E-state index in [4.69, 9.17) is 26.4 Å². The van der Waals surface area contributed by atoms with Gasteiger partial charge in [-0.3, -0.25) is 4.79 Å². The maximum Gasteiger partial charge on any atom is 0.437 e. The number of alkyl halides is 3. The highest BCUT2D eigenvalue weighted by molar-refractivity contribution is 7.80. The number of phenolic OH excluding ortho intramolecular Hbond substituents is 1. The first kappa shape index (κ1) is 21.8. The molecule has 2 rings (SSSR count). The van der Waals surface area contributed by atoms with Gasteiger partial charge in [0.25, 0.3) is 5.72 Å². The Morgan fingerprint density at radius 1 is 1.29 bits per heavy atom. The second-order valence-corrected chi connectivity index (χ2v) is 6.25. The molecule has 4 N–H and O–H groups in total. The van der Waals surface area contributed by atoms with Gasteiger partial charge in [0.05, 0.1) is 26.9 Å². The molecular weight excluding hydrogens is 405 g/mol. The molecule has 12 heteroatoms. The Morgan fingerprint density at radius 3 is 2.25 bits per heavy atom. The smallest absolute Gasteiger partial charge is 0.437 e. The van der Waals surface area contributed by atoms with E-state index in [-0.39, 0.29) is 29.4 Å². The van der Waals surface area contributed by atoms with E-state index in [0.29, 0.717) is 0 Å². The Bertz CT molecular complexity index is 750. The SMILES string of the molecule is CCOC(=O)[C@@H]1[C@@H](c2cc(OC)c(O)c(OC)c2)NC(=S)N[C@]1(O)C(F)(F)F. The first-order valence-corrected chi connectivity index (χ1v) is 8.40. The average Bonchev–Trinajstić information content (AvgIpc) is 2.60. The summed E-state index contributed by atoms with van der Waals surface area (Å²) in [5, 5.41) is 24.2. The van der Waals surface area contributed by atoms with Crippen molar-refractivity contribution >= 4 is 23.3 Å². The number of esters is 1. The minimum Gasteiger partial charge on any atom is -0.502 e. The number of carbonyl (C=O) groups is 1. The van der Waals surface area contributed by atoms with Gasteiger partial charge in [0.2, 0.25) is 5.75 Å². The summed E-state index contributed by atoms with van der Waals surface area (Å²) < 4.78 is 55.9. The molecule has 0 aliphatic carbocycles. The van der Waals surface area contributed by atoms with Crippen LogP contribution >= 0.6 is 12.2 Å². The van der Waals surface area contributed by atoms with Crippen molar-refractivity contribution in [2.45, 2.75) is 24.9 Å². The number of ether oxygens (including phenoxy) is 3. The van der Waals surface area contributed by atoms with Crippen LogP contribution in [0.15, 0.2) is 12.1 Å². The fraction of sp³-hybridized carbons (Fsp3) is 0.500. The summed E-state index contributed by atoms with van der Waals surface area (Å²) >= 11 is 4.81. The topological polar surface area (TPSA) is 109 Å². The molecule has 0 unspecified atom stereocenters. The summed E-state index contributed by atoms with van der Waals surface area (Å²) in [6.45, 7) is 1.21. The Morgan fingerprint density at radius 2 is 1.82 bits per heavy atom. The minimum absolute atomic E-state index is 0.0380. The second-order valence-electron chi connectivity index (χ2n) is 5.84. The first-order chi connectivity index (χ1) is 13.0. The van der Waals surface area contributed by atoms with E-state index in [1.807, 2.05) is 0 Å². The summed E-state index contributed by atoms with van der Waals surface area (Å²) in [6.07, 6.45) is -5.26. The predicted molar refractivity (Wildman–Crippen MR) is 93.9 cm³/mol. The number of halogens is 3. The van der Waals surface area contributed by atoms with Gasteiger partial charge >= 0.3 is 12.1 Å². The normalized spacial score (nSPS) is 24.8. The molecular formula is C16H19F3N2O6S. The molecule has 1 aliphatic heterocycles. The van der Waals surface area contributed by atoms with Crippen molar-refractivity contribution < 1.29 is 42.4 Å². The lowest BCUT2D eigenvalue weighted by atomic mass is 9.82.